The number of hydrogen-bond donors (Lipinski definition) is 1. The van der Waals surface area contributed by atoms with Crippen LogP contribution in [0.5, 0.6) is 5.75 Å². The molecule has 1 N–H and O–H groups in total. The first-order chi connectivity index (χ1) is 18.1. The molecule has 1 saturated heterocycles. The molecule has 1 aliphatic rings. The number of ketones is 1. The third-order valence-electron chi connectivity index (χ3n) is 7.04. The first kappa shape index (κ1) is 28.4. The van der Waals surface area contributed by atoms with Gasteiger partial charge in [0.25, 0.3) is 11.7 Å². The average molecular weight is 550 g/mol. The molecule has 0 spiro atoms. The van der Waals surface area contributed by atoms with Crippen LogP contribution in [0.3, 0.4) is 0 Å². The van der Waals surface area contributed by atoms with Crippen LogP contribution < -0.4 is 9.64 Å². The van der Waals surface area contributed by atoms with Crippen LogP contribution in [0.2, 0.25) is 5.02 Å². The molecule has 0 aliphatic carbocycles. The highest BCUT2D eigenvalue weighted by Gasteiger charge is 2.47. The van der Waals surface area contributed by atoms with E-state index in [0.717, 1.165) is 17.2 Å². The highest BCUT2D eigenvalue weighted by molar-refractivity contribution is 6.51. The van der Waals surface area contributed by atoms with Crippen LogP contribution >= 0.6 is 11.6 Å². The zero-order valence-electron chi connectivity index (χ0n) is 23.2. The maximum Gasteiger partial charge on any atom is 0.300 e. The summed E-state index contributed by atoms with van der Waals surface area (Å²) >= 11 is 6.06. The van der Waals surface area contributed by atoms with Crippen LogP contribution in [0, 0.1) is 5.82 Å². The smallest absolute Gasteiger partial charge is 0.300 e. The molecular formula is C32H33ClFNO4. The van der Waals surface area contributed by atoms with E-state index in [9.17, 15) is 19.1 Å². The van der Waals surface area contributed by atoms with Crippen LogP contribution in [-0.2, 0) is 20.4 Å². The quantitative estimate of drug-likeness (QED) is 0.206. The summed E-state index contributed by atoms with van der Waals surface area (Å²) in [7, 11) is 1.48. The SMILES string of the molecule is COc1ccc(C(C)(C)C)cc1/C(O)=C1\C(=O)C(=O)N(c2ccc(F)c(Cl)c2)C1c1ccc(C(C)(C)C)cc1. The molecule has 1 fully saturated rings. The second-order valence-corrected chi connectivity index (χ2v) is 12.2. The van der Waals surface area contributed by atoms with E-state index in [0.29, 0.717) is 16.9 Å². The molecule has 0 saturated carbocycles. The van der Waals surface area contributed by atoms with Crippen molar-refractivity contribution in [3.63, 3.8) is 0 Å². The van der Waals surface area contributed by atoms with Crippen molar-refractivity contribution in [1.29, 1.82) is 0 Å². The third kappa shape index (κ3) is 5.30. The second kappa shape index (κ2) is 10.2. The summed E-state index contributed by atoms with van der Waals surface area (Å²) < 4.78 is 19.5. The van der Waals surface area contributed by atoms with Crippen molar-refractivity contribution in [2.75, 3.05) is 12.0 Å². The number of nitrogens with zero attached hydrogens (tertiary/aromatic N) is 1. The van der Waals surface area contributed by atoms with Crippen LogP contribution in [0.4, 0.5) is 10.1 Å². The Morgan fingerprint density at radius 1 is 0.897 bits per heavy atom. The van der Waals surface area contributed by atoms with Gasteiger partial charge in [-0.25, -0.2) is 4.39 Å². The number of anilines is 1. The van der Waals surface area contributed by atoms with E-state index in [1.165, 1.54) is 24.1 Å². The van der Waals surface area contributed by atoms with Gasteiger partial charge in [0.1, 0.15) is 17.3 Å². The Balaban J connectivity index is 2.00. The van der Waals surface area contributed by atoms with Gasteiger partial charge in [-0.05, 0) is 57.9 Å². The summed E-state index contributed by atoms with van der Waals surface area (Å²) in [4.78, 5) is 28.3. The topological polar surface area (TPSA) is 66.8 Å². The lowest BCUT2D eigenvalue weighted by molar-refractivity contribution is -0.132. The fraction of sp³-hybridized carbons (Fsp3) is 0.312. The van der Waals surface area contributed by atoms with Gasteiger partial charge >= 0.3 is 0 Å². The maximum atomic E-state index is 14.0. The molecule has 1 heterocycles. The van der Waals surface area contributed by atoms with Crippen molar-refractivity contribution in [2.45, 2.75) is 58.4 Å². The van der Waals surface area contributed by atoms with Crippen molar-refractivity contribution < 1.29 is 23.8 Å². The van der Waals surface area contributed by atoms with E-state index >= 15 is 0 Å². The first-order valence-electron chi connectivity index (χ1n) is 12.7. The van der Waals surface area contributed by atoms with Crippen LogP contribution in [0.1, 0.15) is 69.8 Å². The number of amides is 1. The minimum Gasteiger partial charge on any atom is -0.507 e. The van der Waals surface area contributed by atoms with E-state index in [1.54, 1.807) is 12.1 Å². The maximum absolute atomic E-state index is 14.0. The second-order valence-electron chi connectivity index (χ2n) is 11.8. The Labute approximate surface area is 233 Å². The van der Waals surface area contributed by atoms with Gasteiger partial charge in [0.2, 0.25) is 0 Å². The number of aliphatic hydroxyl groups excluding tert-OH is 1. The summed E-state index contributed by atoms with van der Waals surface area (Å²) in [6.07, 6.45) is 0. The number of aliphatic hydroxyl groups is 1. The Morgan fingerprint density at radius 2 is 1.49 bits per heavy atom. The van der Waals surface area contributed by atoms with Gasteiger partial charge in [0, 0.05) is 5.69 Å². The Morgan fingerprint density at radius 3 is 2.03 bits per heavy atom. The Kier molecular flexibility index (Phi) is 7.39. The number of rotatable bonds is 4. The monoisotopic (exact) mass is 549 g/mol. The number of Topliss-reactive ketones (excluding diaryl/α,β-unsaturated/α-hetero) is 1. The van der Waals surface area contributed by atoms with Gasteiger partial charge in [0.15, 0.2) is 0 Å². The molecule has 1 unspecified atom stereocenters. The number of carbonyl (C=O) groups is 2. The first-order valence-corrected chi connectivity index (χ1v) is 13.1. The van der Waals surface area contributed by atoms with E-state index in [4.69, 9.17) is 16.3 Å². The van der Waals surface area contributed by atoms with E-state index < -0.39 is 23.5 Å². The number of ether oxygens (including phenoxy) is 1. The van der Waals surface area contributed by atoms with Gasteiger partial charge in [-0.15, -0.1) is 0 Å². The van der Waals surface area contributed by atoms with Gasteiger partial charge in [-0.3, -0.25) is 14.5 Å². The van der Waals surface area contributed by atoms with Crippen LogP contribution in [-0.4, -0.2) is 23.9 Å². The minimum atomic E-state index is -0.983. The summed E-state index contributed by atoms with van der Waals surface area (Å²) in [5.74, 6) is -2.35. The molecule has 4 rings (SSSR count). The summed E-state index contributed by atoms with van der Waals surface area (Å²) in [6, 6.07) is 15.8. The zero-order valence-corrected chi connectivity index (χ0v) is 24.0. The standard InChI is InChI=1S/C32H33ClFNO4/c1-31(2,3)19-10-8-18(9-11-19)27-26(28(36)22-16-20(32(4,5)6)12-15-25(22)39-7)29(37)30(38)35(27)21-13-14-24(34)23(33)17-21/h8-17,27,36H,1-7H3/b28-26+. The molecular weight excluding hydrogens is 517 g/mol. The lowest BCUT2D eigenvalue weighted by atomic mass is 9.84. The van der Waals surface area contributed by atoms with Crippen molar-refractivity contribution in [3.05, 3.63) is 99.3 Å². The third-order valence-corrected chi connectivity index (χ3v) is 7.33. The molecule has 3 aromatic carbocycles. The number of carbonyl (C=O) groups excluding carboxylic acids is 2. The molecule has 0 radical (unpaired) electrons. The predicted octanol–water partition coefficient (Wildman–Crippen LogP) is 7.71. The molecule has 3 aromatic rings. The lowest BCUT2D eigenvalue weighted by Gasteiger charge is -2.27. The highest BCUT2D eigenvalue weighted by Crippen LogP contribution is 2.44. The molecule has 0 bridgehead atoms. The van der Waals surface area contributed by atoms with E-state index in [-0.39, 0.29) is 32.9 Å². The van der Waals surface area contributed by atoms with E-state index in [1.807, 2.05) is 51.1 Å². The van der Waals surface area contributed by atoms with Gasteiger partial charge in [0.05, 0.1) is 29.3 Å². The summed E-state index contributed by atoms with van der Waals surface area (Å²) in [5, 5.41) is 11.5. The van der Waals surface area contributed by atoms with Crippen molar-refractivity contribution in [2.24, 2.45) is 0 Å². The van der Waals surface area contributed by atoms with Gasteiger partial charge < -0.3 is 9.84 Å². The molecule has 1 amide bonds. The fourth-order valence-electron chi connectivity index (χ4n) is 4.72. The molecule has 0 aromatic heterocycles. The molecule has 5 nitrogen and oxygen atoms in total. The van der Waals surface area contributed by atoms with Crippen molar-refractivity contribution >= 4 is 34.7 Å². The normalized spacial score (nSPS) is 17.6. The predicted molar refractivity (Wildman–Crippen MR) is 153 cm³/mol. The van der Waals surface area contributed by atoms with Gasteiger partial charge in [-0.1, -0.05) is 83.5 Å². The van der Waals surface area contributed by atoms with E-state index in [2.05, 4.69) is 20.8 Å². The Hall–Kier alpha value is -3.64. The lowest BCUT2D eigenvalue weighted by Crippen LogP contribution is -2.29. The molecule has 7 heteroatoms. The number of benzene rings is 3. The number of methoxy groups -OCH3 is 1. The minimum absolute atomic E-state index is 0.0895. The number of hydrogen-bond acceptors (Lipinski definition) is 4. The van der Waals surface area contributed by atoms with Crippen molar-refractivity contribution in [1.82, 2.24) is 0 Å². The highest BCUT2D eigenvalue weighted by atomic mass is 35.5. The zero-order chi connectivity index (χ0) is 28.9. The average Bonchev–Trinajstić information content (AvgIpc) is 3.14. The molecule has 1 aliphatic heterocycles. The van der Waals surface area contributed by atoms with Crippen LogP contribution in [0.25, 0.3) is 5.76 Å². The van der Waals surface area contributed by atoms with Crippen LogP contribution in [0.15, 0.2) is 66.2 Å². The van der Waals surface area contributed by atoms with Gasteiger partial charge in [-0.2, -0.15) is 0 Å². The van der Waals surface area contributed by atoms with Crippen molar-refractivity contribution in [3.8, 4) is 5.75 Å². The summed E-state index contributed by atoms with van der Waals surface area (Å²) in [5.41, 5.74) is 2.66. The molecule has 204 valence electrons. The fourth-order valence-corrected chi connectivity index (χ4v) is 4.89. The number of halogens is 2. The Bertz CT molecular complexity index is 1480. The molecule has 39 heavy (non-hydrogen) atoms. The molecule has 1 atom stereocenters. The largest absolute Gasteiger partial charge is 0.507 e. The summed E-state index contributed by atoms with van der Waals surface area (Å²) in [6.45, 7) is 12.4.